The van der Waals surface area contributed by atoms with E-state index in [1.54, 1.807) is 18.5 Å². The number of hydrogen-bond donors (Lipinski definition) is 1. The topological polar surface area (TPSA) is 61.6 Å². The molecule has 4 nitrogen and oxygen atoms in total. The monoisotopic (exact) mass is 222 g/mol. The average Bonchev–Trinajstić information content (AvgIpc) is 2.25. The minimum atomic E-state index is -0.154. The molecular formula is C10H14N4S. The molecule has 0 fully saturated rings. The highest BCUT2D eigenvalue weighted by molar-refractivity contribution is 7.99. The molecule has 1 aromatic rings. The Labute approximate surface area is 94.1 Å². The molecule has 1 heterocycles. The zero-order chi connectivity index (χ0) is 11.1. The van der Waals surface area contributed by atoms with Crippen molar-refractivity contribution in [2.75, 3.05) is 5.75 Å². The van der Waals surface area contributed by atoms with E-state index in [1.165, 1.54) is 11.8 Å². The molecular weight excluding hydrogens is 208 g/mol. The van der Waals surface area contributed by atoms with E-state index in [0.717, 1.165) is 0 Å². The van der Waals surface area contributed by atoms with Gasteiger partial charge in [-0.1, -0.05) is 11.8 Å². The largest absolute Gasteiger partial charge is 0.299 e. The molecule has 0 saturated carbocycles. The smallest absolute Gasteiger partial charge is 0.187 e. The van der Waals surface area contributed by atoms with Crippen molar-refractivity contribution < 1.29 is 0 Å². The second-order valence-corrected chi connectivity index (χ2v) is 4.33. The molecule has 1 rings (SSSR count). The first-order valence-corrected chi connectivity index (χ1v) is 5.76. The number of aromatic nitrogens is 2. The molecule has 0 radical (unpaired) electrons. The molecule has 0 aromatic carbocycles. The van der Waals surface area contributed by atoms with Crippen LogP contribution in [0.5, 0.6) is 0 Å². The first kappa shape index (κ1) is 12.0. The Morgan fingerprint density at radius 3 is 2.67 bits per heavy atom. The molecule has 1 atom stereocenters. The number of thioether (sulfide) groups is 1. The van der Waals surface area contributed by atoms with Gasteiger partial charge in [0.1, 0.15) is 6.04 Å². The van der Waals surface area contributed by atoms with Crippen molar-refractivity contribution in [2.45, 2.75) is 31.1 Å². The molecule has 1 unspecified atom stereocenters. The predicted molar refractivity (Wildman–Crippen MR) is 60.4 cm³/mol. The van der Waals surface area contributed by atoms with Crippen LogP contribution >= 0.6 is 11.8 Å². The van der Waals surface area contributed by atoms with Crippen LogP contribution in [0.4, 0.5) is 0 Å². The Balaban J connectivity index is 2.39. The fourth-order valence-electron chi connectivity index (χ4n) is 1.04. The standard InChI is InChI=1S/C10H14N4S/c1-8(2)14-9(6-11)7-15-10-12-4-3-5-13-10/h3-5,8-9,14H,7H2,1-2H3. The maximum absolute atomic E-state index is 8.89. The fraction of sp³-hybridized carbons (Fsp3) is 0.500. The number of nitrogens with one attached hydrogen (secondary N) is 1. The fourth-order valence-corrected chi connectivity index (χ4v) is 1.80. The van der Waals surface area contributed by atoms with E-state index in [1.807, 2.05) is 13.8 Å². The maximum Gasteiger partial charge on any atom is 0.187 e. The van der Waals surface area contributed by atoms with Gasteiger partial charge < -0.3 is 0 Å². The first-order valence-electron chi connectivity index (χ1n) is 4.78. The third kappa shape index (κ3) is 4.77. The molecule has 0 aliphatic heterocycles. The molecule has 0 aliphatic carbocycles. The first-order chi connectivity index (χ1) is 7.22. The van der Waals surface area contributed by atoms with Gasteiger partial charge in [0.15, 0.2) is 5.16 Å². The van der Waals surface area contributed by atoms with E-state index in [4.69, 9.17) is 5.26 Å². The quantitative estimate of drug-likeness (QED) is 0.603. The summed E-state index contributed by atoms with van der Waals surface area (Å²) in [4.78, 5) is 8.16. The van der Waals surface area contributed by atoms with Crippen molar-refractivity contribution in [2.24, 2.45) is 0 Å². The van der Waals surface area contributed by atoms with Gasteiger partial charge >= 0.3 is 0 Å². The zero-order valence-electron chi connectivity index (χ0n) is 8.84. The molecule has 0 spiro atoms. The minimum absolute atomic E-state index is 0.154. The summed E-state index contributed by atoms with van der Waals surface area (Å²) in [5, 5.41) is 12.8. The minimum Gasteiger partial charge on any atom is -0.299 e. The van der Waals surface area contributed by atoms with Gasteiger partial charge in [0.2, 0.25) is 0 Å². The van der Waals surface area contributed by atoms with E-state index in [0.29, 0.717) is 17.0 Å². The molecule has 0 aliphatic rings. The Kier molecular flexibility index (Phi) is 5.08. The third-order valence-electron chi connectivity index (χ3n) is 1.61. The third-order valence-corrected chi connectivity index (χ3v) is 2.58. The van der Waals surface area contributed by atoms with Gasteiger partial charge in [-0.25, -0.2) is 9.97 Å². The summed E-state index contributed by atoms with van der Waals surface area (Å²) in [6, 6.07) is 4.15. The van der Waals surface area contributed by atoms with Crippen LogP contribution in [-0.4, -0.2) is 27.8 Å². The Hall–Kier alpha value is -1.12. The molecule has 1 aromatic heterocycles. The van der Waals surface area contributed by atoms with Crippen LogP contribution in [0.2, 0.25) is 0 Å². The van der Waals surface area contributed by atoms with Crippen molar-refractivity contribution in [3.8, 4) is 6.07 Å². The lowest BCUT2D eigenvalue weighted by Gasteiger charge is -2.13. The molecule has 5 heteroatoms. The SMILES string of the molecule is CC(C)NC(C#N)CSc1ncccn1. The van der Waals surface area contributed by atoms with Crippen molar-refractivity contribution in [3.05, 3.63) is 18.5 Å². The van der Waals surface area contributed by atoms with Crippen molar-refractivity contribution in [3.63, 3.8) is 0 Å². The summed E-state index contributed by atoms with van der Waals surface area (Å²) in [5.41, 5.74) is 0. The molecule has 0 saturated heterocycles. The van der Waals surface area contributed by atoms with Gasteiger partial charge in [0.25, 0.3) is 0 Å². The van der Waals surface area contributed by atoms with Crippen molar-refractivity contribution in [1.29, 1.82) is 5.26 Å². The summed E-state index contributed by atoms with van der Waals surface area (Å²) < 4.78 is 0. The molecule has 80 valence electrons. The van der Waals surface area contributed by atoms with Crippen LogP contribution in [0.15, 0.2) is 23.6 Å². The van der Waals surface area contributed by atoms with Crippen molar-refractivity contribution >= 4 is 11.8 Å². The van der Waals surface area contributed by atoms with Crippen LogP contribution in [0.1, 0.15) is 13.8 Å². The number of nitriles is 1. The molecule has 0 amide bonds. The summed E-state index contributed by atoms with van der Waals surface area (Å²) in [6.45, 7) is 4.04. The van der Waals surface area contributed by atoms with E-state index in [9.17, 15) is 0 Å². The average molecular weight is 222 g/mol. The molecule has 15 heavy (non-hydrogen) atoms. The van der Waals surface area contributed by atoms with Crippen LogP contribution in [0.3, 0.4) is 0 Å². The molecule has 0 bridgehead atoms. The molecule has 1 N–H and O–H groups in total. The zero-order valence-corrected chi connectivity index (χ0v) is 9.66. The summed E-state index contributed by atoms with van der Waals surface area (Å²) in [5.74, 6) is 0.665. The maximum atomic E-state index is 8.89. The highest BCUT2D eigenvalue weighted by atomic mass is 32.2. The van der Waals surface area contributed by atoms with Gasteiger partial charge in [-0.3, -0.25) is 5.32 Å². The second kappa shape index (κ2) is 6.38. The van der Waals surface area contributed by atoms with Gasteiger partial charge in [-0.2, -0.15) is 5.26 Å². The highest BCUT2D eigenvalue weighted by Gasteiger charge is 2.09. The Bertz CT molecular complexity index is 320. The predicted octanol–water partition coefficient (Wildman–Crippen LogP) is 1.46. The van der Waals surface area contributed by atoms with Crippen molar-refractivity contribution in [1.82, 2.24) is 15.3 Å². The van der Waals surface area contributed by atoms with Gasteiger partial charge in [0, 0.05) is 24.2 Å². The van der Waals surface area contributed by atoms with Crippen LogP contribution in [0.25, 0.3) is 0 Å². The van der Waals surface area contributed by atoms with Crippen LogP contribution in [0, 0.1) is 11.3 Å². The number of hydrogen-bond acceptors (Lipinski definition) is 5. The van der Waals surface area contributed by atoms with E-state index in [2.05, 4.69) is 21.4 Å². The number of rotatable bonds is 5. The summed E-state index contributed by atoms with van der Waals surface area (Å²) >= 11 is 1.49. The van der Waals surface area contributed by atoms with E-state index >= 15 is 0 Å². The van der Waals surface area contributed by atoms with Crippen LogP contribution in [-0.2, 0) is 0 Å². The van der Waals surface area contributed by atoms with Gasteiger partial charge in [0.05, 0.1) is 6.07 Å². The normalized spacial score (nSPS) is 12.4. The number of nitrogens with zero attached hydrogens (tertiary/aromatic N) is 3. The lowest BCUT2D eigenvalue weighted by atomic mass is 10.3. The summed E-state index contributed by atoms with van der Waals surface area (Å²) in [7, 11) is 0. The Morgan fingerprint density at radius 1 is 1.47 bits per heavy atom. The lowest BCUT2D eigenvalue weighted by Crippen LogP contribution is -2.35. The Morgan fingerprint density at radius 2 is 2.13 bits per heavy atom. The summed E-state index contributed by atoms with van der Waals surface area (Å²) in [6.07, 6.45) is 3.40. The van der Waals surface area contributed by atoms with Crippen LogP contribution < -0.4 is 5.32 Å². The van der Waals surface area contributed by atoms with E-state index in [-0.39, 0.29) is 6.04 Å². The lowest BCUT2D eigenvalue weighted by molar-refractivity contribution is 0.560. The second-order valence-electron chi connectivity index (χ2n) is 3.35. The van der Waals surface area contributed by atoms with Gasteiger partial charge in [-0.05, 0) is 19.9 Å². The highest BCUT2D eigenvalue weighted by Crippen LogP contribution is 2.12. The van der Waals surface area contributed by atoms with E-state index < -0.39 is 0 Å². The van der Waals surface area contributed by atoms with Gasteiger partial charge in [-0.15, -0.1) is 0 Å².